The molecule has 2 aromatic rings. The predicted molar refractivity (Wildman–Crippen MR) is 126 cm³/mol. The molecule has 2 aromatic carbocycles. The van der Waals surface area contributed by atoms with Gasteiger partial charge in [0.2, 0.25) is 5.91 Å². The van der Waals surface area contributed by atoms with E-state index in [1.807, 2.05) is 6.92 Å². The average molecular weight is 481 g/mol. The SMILES string of the molecule is C[C@@H]1C[C@H](Cc2ccccc2F)CN(c2c(Cl)cc(NC(=O)OC(C)(C)C)cc2Cl)C1=O. The van der Waals surface area contributed by atoms with Crippen LogP contribution in [0.2, 0.25) is 10.0 Å². The number of benzene rings is 2. The standard InChI is InChI=1S/C24H27Cl2FN2O3/c1-14-9-15(10-16-7-5-6-8-20(16)27)13-29(22(14)30)21-18(25)11-17(12-19(21)26)28-23(31)32-24(2,3)4/h5-8,11-12,14-15H,9-10,13H2,1-4H3,(H,28,31)/t14-,15-/m1/s1. The van der Waals surface area contributed by atoms with Gasteiger partial charge in [-0.1, -0.05) is 48.3 Å². The lowest BCUT2D eigenvalue weighted by atomic mass is 9.85. The summed E-state index contributed by atoms with van der Waals surface area (Å²) in [5, 5.41) is 3.07. The summed E-state index contributed by atoms with van der Waals surface area (Å²) < 4.78 is 19.4. The monoisotopic (exact) mass is 480 g/mol. The minimum absolute atomic E-state index is 0.0475. The van der Waals surface area contributed by atoms with E-state index in [1.165, 1.54) is 18.2 Å². The molecule has 0 aromatic heterocycles. The molecule has 0 aliphatic carbocycles. The van der Waals surface area contributed by atoms with Gasteiger partial charge in [-0.2, -0.15) is 0 Å². The number of halogens is 3. The summed E-state index contributed by atoms with van der Waals surface area (Å²) in [5.74, 6) is -0.554. The van der Waals surface area contributed by atoms with Gasteiger partial charge in [0.1, 0.15) is 11.4 Å². The molecule has 1 N–H and O–H groups in total. The van der Waals surface area contributed by atoms with Crippen molar-refractivity contribution in [3.8, 4) is 0 Å². The van der Waals surface area contributed by atoms with Crippen molar-refractivity contribution in [2.75, 3.05) is 16.8 Å². The number of hydrogen-bond acceptors (Lipinski definition) is 3. The smallest absolute Gasteiger partial charge is 0.412 e. The van der Waals surface area contributed by atoms with Crippen LogP contribution in [0.15, 0.2) is 36.4 Å². The van der Waals surface area contributed by atoms with Crippen LogP contribution in [-0.4, -0.2) is 24.1 Å². The summed E-state index contributed by atoms with van der Waals surface area (Å²) in [7, 11) is 0. The predicted octanol–water partition coefficient (Wildman–Crippen LogP) is 6.71. The first-order valence-corrected chi connectivity index (χ1v) is 11.2. The number of rotatable bonds is 4. The molecule has 0 radical (unpaired) electrons. The lowest BCUT2D eigenvalue weighted by Crippen LogP contribution is -2.45. The Hall–Kier alpha value is -2.31. The highest BCUT2D eigenvalue weighted by atomic mass is 35.5. The molecule has 8 heteroatoms. The van der Waals surface area contributed by atoms with Gasteiger partial charge in [-0.25, -0.2) is 9.18 Å². The number of nitrogens with zero attached hydrogens (tertiary/aromatic N) is 1. The largest absolute Gasteiger partial charge is 0.444 e. The minimum atomic E-state index is -0.652. The van der Waals surface area contributed by atoms with Crippen molar-refractivity contribution >= 4 is 46.6 Å². The molecule has 1 saturated heterocycles. The summed E-state index contributed by atoms with van der Waals surface area (Å²) in [4.78, 5) is 26.6. The second-order valence-electron chi connectivity index (χ2n) is 9.16. The van der Waals surface area contributed by atoms with Crippen LogP contribution in [0, 0.1) is 17.7 Å². The van der Waals surface area contributed by atoms with Gasteiger partial charge in [-0.3, -0.25) is 10.1 Å². The van der Waals surface area contributed by atoms with Gasteiger partial charge in [0.15, 0.2) is 0 Å². The molecule has 0 bridgehead atoms. The highest BCUT2D eigenvalue weighted by Gasteiger charge is 2.35. The summed E-state index contributed by atoms with van der Waals surface area (Å²) in [6.45, 7) is 7.50. The van der Waals surface area contributed by atoms with Gasteiger partial charge >= 0.3 is 6.09 Å². The van der Waals surface area contributed by atoms with E-state index in [1.54, 1.807) is 43.9 Å². The molecule has 1 heterocycles. The lowest BCUT2D eigenvalue weighted by molar-refractivity contribution is -0.124. The van der Waals surface area contributed by atoms with Crippen molar-refractivity contribution in [1.82, 2.24) is 0 Å². The zero-order valence-electron chi connectivity index (χ0n) is 18.5. The molecule has 2 atom stereocenters. The number of piperidine rings is 1. The first kappa shape index (κ1) is 24.3. The Balaban J connectivity index is 1.82. The zero-order chi connectivity index (χ0) is 23.6. The first-order chi connectivity index (χ1) is 14.9. The second-order valence-corrected chi connectivity index (χ2v) is 9.98. The molecule has 0 unspecified atom stereocenters. The maximum atomic E-state index is 14.2. The van der Waals surface area contributed by atoms with Crippen molar-refractivity contribution in [2.24, 2.45) is 11.8 Å². The van der Waals surface area contributed by atoms with Crippen LogP contribution in [0.4, 0.5) is 20.6 Å². The molecule has 3 rings (SSSR count). The van der Waals surface area contributed by atoms with E-state index in [0.29, 0.717) is 36.3 Å². The Morgan fingerprint density at radius 3 is 2.44 bits per heavy atom. The fourth-order valence-electron chi connectivity index (χ4n) is 3.93. The van der Waals surface area contributed by atoms with Crippen molar-refractivity contribution in [3.05, 3.63) is 57.8 Å². The van der Waals surface area contributed by atoms with E-state index in [2.05, 4.69) is 5.32 Å². The average Bonchev–Trinajstić information content (AvgIpc) is 2.65. The van der Waals surface area contributed by atoms with Crippen molar-refractivity contribution in [1.29, 1.82) is 0 Å². The molecular weight excluding hydrogens is 454 g/mol. The Morgan fingerprint density at radius 2 is 1.84 bits per heavy atom. The van der Waals surface area contributed by atoms with Crippen molar-refractivity contribution in [3.63, 3.8) is 0 Å². The van der Waals surface area contributed by atoms with Gasteiger partial charge in [-0.15, -0.1) is 0 Å². The molecule has 172 valence electrons. The number of carbonyl (C=O) groups excluding carboxylic acids is 2. The summed E-state index contributed by atoms with van der Waals surface area (Å²) in [6.07, 6.45) is 0.524. The topological polar surface area (TPSA) is 58.6 Å². The van der Waals surface area contributed by atoms with Gasteiger partial charge in [-0.05, 0) is 63.3 Å². The molecule has 0 saturated carbocycles. The Morgan fingerprint density at radius 1 is 1.22 bits per heavy atom. The van der Waals surface area contributed by atoms with E-state index < -0.39 is 11.7 Å². The number of carbonyl (C=O) groups is 2. The van der Waals surface area contributed by atoms with E-state index >= 15 is 0 Å². The second kappa shape index (κ2) is 9.67. The van der Waals surface area contributed by atoms with E-state index in [9.17, 15) is 14.0 Å². The molecule has 5 nitrogen and oxygen atoms in total. The maximum absolute atomic E-state index is 14.2. The van der Waals surface area contributed by atoms with Crippen LogP contribution in [-0.2, 0) is 16.0 Å². The van der Waals surface area contributed by atoms with E-state index in [-0.39, 0.29) is 33.6 Å². The van der Waals surface area contributed by atoms with Crippen LogP contribution < -0.4 is 10.2 Å². The van der Waals surface area contributed by atoms with E-state index in [4.69, 9.17) is 27.9 Å². The first-order valence-electron chi connectivity index (χ1n) is 10.5. The third-order valence-corrected chi connectivity index (χ3v) is 5.79. The minimum Gasteiger partial charge on any atom is -0.444 e. The number of amides is 2. The summed E-state index contributed by atoms with van der Waals surface area (Å²) >= 11 is 13.0. The Bertz CT molecular complexity index is 1000. The van der Waals surface area contributed by atoms with Crippen LogP contribution in [0.1, 0.15) is 39.7 Å². The van der Waals surface area contributed by atoms with Gasteiger partial charge < -0.3 is 9.64 Å². The third kappa shape index (κ3) is 5.93. The Kier molecular flexibility index (Phi) is 7.36. The van der Waals surface area contributed by atoms with Crippen molar-refractivity contribution in [2.45, 2.75) is 46.1 Å². The van der Waals surface area contributed by atoms with Gasteiger partial charge in [0.05, 0.1) is 15.7 Å². The van der Waals surface area contributed by atoms with E-state index in [0.717, 1.165) is 0 Å². The van der Waals surface area contributed by atoms with Gasteiger partial charge in [0.25, 0.3) is 0 Å². The highest BCUT2D eigenvalue weighted by Crippen LogP contribution is 2.40. The van der Waals surface area contributed by atoms with Crippen LogP contribution >= 0.6 is 23.2 Å². The number of nitrogens with one attached hydrogen (secondary N) is 1. The molecule has 1 aliphatic heterocycles. The quantitative estimate of drug-likeness (QED) is 0.528. The fraction of sp³-hybridized carbons (Fsp3) is 0.417. The molecule has 1 fully saturated rings. The summed E-state index contributed by atoms with van der Waals surface area (Å²) in [5.41, 5.74) is 0.714. The molecule has 2 amide bonds. The normalized spacial score (nSPS) is 19.1. The zero-order valence-corrected chi connectivity index (χ0v) is 20.1. The van der Waals surface area contributed by atoms with Gasteiger partial charge in [0, 0.05) is 18.2 Å². The third-order valence-electron chi connectivity index (χ3n) is 5.21. The molecular formula is C24H27Cl2FN2O3. The molecule has 1 aliphatic rings. The maximum Gasteiger partial charge on any atom is 0.412 e. The van der Waals surface area contributed by atoms with Crippen molar-refractivity contribution < 1.29 is 18.7 Å². The molecule has 0 spiro atoms. The highest BCUT2D eigenvalue weighted by molar-refractivity contribution is 6.40. The number of ether oxygens (including phenoxy) is 1. The number of hydrogen-bond donors (Lipinski definition) is 1. The molecule has 32 heavy (non-hydrogen) atoms. The van der Waals surface area contributed by atoms with Crippen LogP contribution in [0.3, 0.4) is 0 Å². The lowest BCUT2D eigenvalue weighted by Gasteiger charge is -2.37. The van der Waals surface area contributed by atoms with Crippen LogP contribution in [0.25, 0.3) is 0 Å². The summed E-state index contributed by atoms with van der Waals surface area (Å²) in [6, 6.07) is 9.73. The fourth-order valence-corrected chi connectivity index (χ4v) is 4.62. The number of anilines is 2. The van der Waals surface area contributed by atoms with Crippen LogP contribution in [0.5, 0.6) is 0 Å². The Labute approximate surface area is 197 Å².